The van der Waals surface area contributed by atoms with E-state index in [0.717, 1.165) is 60.7 Å². The van der Waals surface area contributed by atoms with Gasteiger partial charge in [-0.05, 0) is 81.6 Å². The molecule has 0 aliphatic heterocycles. The van der Waals surface area contributed by atoms with Gasteiger partial charge < -0.3 is 9.13 Å². The number of hydrogen-bond acceptors (Lipinski definition) is 0. The third-order valence-corrected chi connectivity index (χ3v) is 9.59. The van der Waals surface area contributed by atoms with E-state index in [1.54, 1.807) is 0 Å². The lowest BCUT2D eigenvalue weighted by Gasteiger charge is -2.13. The molecule has 2 heterocycles. The van der Waals surface area contributed by atoms with Crippen LogP contribution in [0.3, 0.4) is 0 Å². The van der Waals surface area contributed by atoms with E-state index in [0.29, 0.717) is 5.56 Å². The smallest absolute Gasteiger partial charge is 0.0629 e. The second-order valence-corrected chi connectivity index (χ2v) is 12.2. The molecule has 0 amide bonds. The van der Waals surface area contributed by atoms with Gasteiger partial charge in [0, 0.05) is 32.9 Å². The first kappa shape index (κ1) is 22.2. The van der Waals surface area contributed by atoms with Crippen molar-refractivity contribution in [3.8, 4) is 33.6 Å². The Hall–Kier alpha value is -6.38. The molecule has 2 aromatic heterocycles. The lowest BCUT2D eigenvalue weighted by atomic mass is 9.92. The first-order chi connectivity index (χ1) is 25.9. The largest absolute Gasteiger partial charge is 0.309 e. The zero-order valence-electron chi connectivity index (χ0n) is 30.8. The van der Waals surface area contributed by atoms with Crippen molar-refractivity contribution in [1.29, 1.82) is 0 Å². The van der Waals surface area contributed by atoms with Crippen molar-refractivity contribution < 1.29 is 6.85 Å². The van der Waals surface area contributed by atoms with Crippen LogP contribution in [-0.2, 0) is 0 Å². The van der Waals surface area contributed by atoms with Crippen molar-refractivity contribution in [3.63, 3.8) is 0 Å². The molecule has 0 aliphatic rings. The summed E-state index contributed by atoms with van der Waals surface area (Å²) >= 11 is 0. The summed E-state index contributed by atoms with van der Waals surface area (Å²) in [4.78, 5) is 0. The lowest BCUT2D eigenvalue weighted by molar-refractivity contribution is 1.16. The highest BCUT2D eigenvalue weighted by atomic mass is 15.0. The van der Waals surface area contributed by atoms with Crippen LogP contribution in [0.4, 0.5) is 0 Å². The number of aromatic nitrogens is 2. The quantitative estimate of drug-likeness (QED) is 0.186. The Kier molecular flexibility index (Phi) is 4.89. The minimum absolute atomic E-state index is 0.206. The molecule has 0 N–H and O–H groups in total. The van der Waals surface area contributed by atoms with Crippen molar-refractivity contribution in [2.75, 3.05) is 0 Å². The number of nitrogens with zero attached hydrogens (tertiary/aromatic N) is 2. The number of rotatable bonds is 4. The minimum Gasteiger partial charge on any atom is -0.309 e. The van der Waals surface area contributed by atoms with Gasteiger partial charge in [0.1, 0.15) is 0 Å². The Morgan fingerprint density at radius 1 is 0.333 bits per heavy atom. The van der Waals surface area contributed by atoms with Crippen LogP contribution < -0.4 is 0 Å². The Labute approximate surface area is 285 Å². The van der Waals surface area contributed by atoms with Crippen molar-refractivity contribution in [2.45, 2.75) is 0 Å². The third-order valence-electron chi connectivity index (χ3n) is 9.59. The van der Waals surface area contributed by atoms with Gasteiger partial charge in [0.05, 0.1) is 28.9 Å². The maximum absolute atomic E-state index is 8.69. The van der Waals surface area contributed by atoms with E-state index in [1.165, 1.54) is 16.2 Å². The van der Waals surface area contributed by atoms with Crippen LogP contribution in [0.5, 0.6) is 0 Å². The highest BCUT2D eigenvalue weighted by Crippen LogP contribution is 2.42. The fraction of sp³-hybridized carbons (Fsp3) is 0. The lowest BCUT2D eigenvalue weighted by Crippen LogP contribution is -1.95. The van der Waals surface area contributed by atoms with Gasteiger partial charge in [-0.2, -0.15) is 0 Å². The summed E-state index contributed by atoms with van der Waals surface area (Å²) in [5.74, 6) is 0. The first-order valence-corrected chi connectivity index (χ1v) is 16.1. The average Bonchev–Trinajstić information content (AvgIpc) is 3.70. The zero-order chi connectivity index (χ0) is 36.0. The maximum atomic E-state index is 8.69. The highest BCUT2D eigenvalue weighted by molar-refractivity contribution is 6.20. The van der Waals surface area contributed by atoms with Crippen LogP contribution in [0, 0.1) is 0 Å². The molecular formula is C46H30N2. The van der Waals surface area contributed by atoms with E-state index in [-0.39, 0.29) is 29.7 Å². The normalized spacial score (nSPS) is 13.2. The van der Waals surface area contributed by atoms with Crippen LogP contribution in [0.2, 0.25) is 0 Å². The van der Waals surface area contributed by atoms with E-state index in [9.17, 15) is 0 Å². The first-order valence-electron chi connectivity index (χ1n) is 18.6. The van der Waals surface area contributed by atoms with E-state index < -0.39 is 6.04 Å². The summed E-state index contributed by atoms with van der Waals surface area (Å²) in [5, 5.41) is 6.47. The van der Waals surface area contributed by atoms with Gasteiger partial charge in [-0.25, -0.2) is 0 Å². The van der Waals surface area contributed by atoms with E-state index in [4.69, 9.17) is 6.85 Å². The standard InChI is InChI=1S/C46H30N2/c1-4-14-31(15-5-1)35-26-27-36(38-21-11-10-20-37(35)38)32-24-25-40-42-29-41-39-22-12-13-23-43(39)47(33-16-6-2-7-17-33)45(41)30-46(42)48(44(40)28-32)34-18-8-3-9-19-34/h1-30H/i1D,4D,5D,14D,15D. The van der Waals surface area contributed by atoms with E-state index in [1.807, 2.05) is 48.5 Å². The maximum Gasteiger partial charge on any atom is 0.0629 e. The molecule has 2 nitrogen and oxygen atoms in total. The molecule has 0 aliphatic carbocycles. The molecule has 0 unspecified atom stereocenters. The van der Waals surface area contributed by atoms with Crippen LogP contribution in [0.1, 0.15) is 6.85 Å². The Morgan fingerprint density at radius 2 is 0.833 bits per heavy atom. The fourth-order valence-corrected chi connectivity index (χ4v) is 7.51. The molecule has 224 valence electrons. The molecule has 0 spiro atoms. The number of fused-ring (bicyclic) bond motifs is 7. The number of hydrogen-bond donors (Lipinski definition) is 0. The molecule has 0 bridgehead atoms. The second-order valence-electron chi connectivity index (χ2n) is 12.2. The Morgan fingerprint density at radius 3 is 1.48 bits per heavy atom. The van der Waals surface area contributed by atoms with Gasteiger partial charge >= 0.3 is 0 Å². The summed E-state index contributed by atoms with van der Waals surface area (Å²) < 4.78 is 46.8. The topological polar surface area (TPSA) is 9.86 Å². The predicted molar refractivity (Wildman–Crippen MR) is 203 cm³/mol. The molecule has 8 aromatic carbocycles. The van der Waals surface area contributed by atoms with Gasteiger partial charge in [-0.15, -0.1) is 0 Å². The van der Waals surface area contributed by atoms with Gasteiger partial charge in [-0.1, -0.05) is 133 Å². The summed E-state index contributed by atoms with van der Waals surface area (Å²) in [7, 11) is 0. The van der Waals surface area contributed by atoms with Gasteiger partial charge in [0.15, 0.2) is 0 Å². The van der Waals surface area contributed by atoms with Crippen molar-refractivity contribution in [1.82, 2.24) is 9.13 Å². The molecule has 10 rings (SSSR count). The molecular weight excluding hydrogens is 581 g/mol. The van der Waals surface area contributed by atoms with Crippen molar-refractivity contribution >= 4 is 54.4 Å². The molecule has 0 saturated carbocycles. The highest BCUT2D eigenvalue weighted by Gasteiger charge is 2.19. The molecule has 0 saturated heterocycles. The molecule has 48 heavy (non-hydrogen) atoms. The van der Waals surface area contributed by atoms with Crippen LogP contribution in [0.15, 0.2) is 182 Å². The monoisotopic (exact) mass is 615 g/mol. The van der Waals surface area contributed by atoms with Crippen LogP contribution in [0.25, 0.3) is 88.0 Å². The molecule has 0 radical (unpaired) electrons. The SMILES string of the molecule is [2H]c1c([2H])c([2H])c(-c2ccc(-c3ccc4c5cc6c7ccccc7n(-c7ccccc7)c6cc5n(-c5ccccc5)c4c3)c3ccccc23)c([2H])c1[2H]. The van der Waals surface area contributed by atoms with Crippen LogP contribution in [-0.4, -0.2) is 9.13 Å². The Bertz CT molecular complexity index is 3080. The molecule has 10 aromatic rings. The van der Waals surface area contributed by atoms with Crippen molar-refractivity contribution in [3.05, 3.63) is 182 Å². The predicted octanol–water partition coefficient (Wildman–Crippen LogP) is 12.4. The minimum atomic E-state index is -0.394. The zero-order valence-corrected chi connectivity index (χ0v) is 25.8. The van der Waals surface area contributed by atoms with Gasteiger partial charge in [0.25, 0.3) is 0 Å². The van der Waals surface area contributed by atoms with Gasteiger partial charge in [-0.3, -0.25) is 0 Å². The average molecular weight is 616 g/mol. The summed E-state index contributed by atoms with van der Waals surface area (Å²) in [6.07, 6.45) is 0. The molecule has 0 atom stereocenters. The number of benzene rings is 8. The van der Waals surface area contributed by atoms with E-state index >= 15 is 0 Å². The van der Waals surface area contributed by atoms with Gasteiger partial charge in [0.2, 0.25) is 0 Å². The van der Waals surface area contributed by atoms with Crippen LogP contribution >= 0.6 is 0 Å². The summed E-state index contributed by atoms with van der Waals surface area (Å²) in [6, 6.07) is 51.2. The molecule has 2 heteroatoms. The summed E-state index contributed by atoms with van der Waals surface area (Å²) in [6.45, 7) is 0. The third kappa shape index (κ3) is 4.00. The fourth-order valence-electron chi connectivity index (χ4n) is 7.51. The number of para-hydroxylation sites is 3. The van der Waals surface area contributed by atoms with E-state index in [2.05, 4.69) is 112 Å². The second kappa shape index (κ2) is 10.6. The summed E-state index contributed by atoms with van der Waals surface area (Å²) in [5.41, 5.74) is 9.49. The van der Waals surface area contributed by atoms with Crippen molar-refractivity contribution in [2.24, 2.45) is 0 Å². The Balaban J connectivity index is 1.26. The molecule has 0 fully saturated rings.